The van der Waals surface area contributed by atoms with Crippen molar-refractivity contribution >= 4 is 5.97 Å². The molecule has 0 aliphatic heterocycles. The van der Waals surface area contributed by atoms with Crippen molar-refractivity contribution in [3.63, 3.8) is 0 Å². The quantitative estimate of drug-likeness (QED) is 0.343. The molecule has 0 atom stereocenters. The van der Waals surface area contributed by atoms with E-state index in [1.807, 2.05) is 24.3 Å². The van der Waals surface area contributed by atoms with Gasteiger partial charge in [-0.3, -0.25) is 4.79 Å². The third kappa shape index (κ3) is 5.60. The molecular formula is C27H24FN3O4. The van der Waals surface area contributed by atoms with E-state index in [4.69, 9.17) is 9.47 Å². The number of pyridine rings is 1. The zero-order chi connectivity index (χ0) is 24.9. The molecule has 0 unspecified atom stereocenters. The first-order chi connectivity index (χ1) is 16.8. The molecule has 0 bridgehead atoms. The topological polar surface area (TPSA) is 83.3 Å². The fourth-order valence-corrected chi connectivity index (χ4v) is 3.46. The molecule has 7 nitrogen and oxygen atoms in total. The van der Waals surface area contributed by atoms with Crippen molar-refractivity contribution in [2.24, 2.45) is 0 Å². The van der Waals surface area contributed by atoms with E-state index in [9.17, 15) is 14.0 Å². The van der Waals surface area contributed by atoms with Gasteiger partial charge in [-0.1, -0.05) is 19.9 Å². The summed E-state index contributed by atoms with van der Waals surface area (Å²) in [6.45, 7) is 4.18. The number of carbonyl (C=O) groups is 1. The summed E-state index contributed by atoms with van der Waals surface area (Å²) in [6, 6.07) is 18.2. The highest BCUT2D eigenvalue weighted by atomic mass is 19.1. The molecule has 0 amide bonds. The molecule has 0 saturated heterocycles. The smallest absolute Gasteiger partial charge is 0.337 e. The summed E-state index contributed by atoms with van der Waals surface area (Å²) in [5.41, 5.74) is 3.04. The minimum absolute atomic E-state index is 0.0588. The third-order valence-corrected chi connectivity index (χ3v) is 5.43. The summed E-state index contributed by atoms with van der Waals surface area (Å²) in [5.74, 6) is 0.0974. The number of hydrogen-bond donors (Lipinski definition) is 0. The lowest BCUT2D eigenvalue weighted by molar-refractivity contribution is 0.0600. The molecule has 0 radical (unpaired) electrons. The van der Waals surface area contributed by atoms with Crippen LogP contribution < -0.4 is 10.3 Å². The Morgan fingerprint density at radius 3 is 2.43 bits per heavy atom. The van der Waals surface area contributed by atoms with Crippen molar-refractivity contribution in [1.82, 2.24) is 14.8 Å². The summed E-state index contributed by atoms with van der Waals surface area (Å²) >= 11 is 0. The van der Waals surface area contributed by atoms with Gasteiger partial charge in [-0.25, -0.2) is 9.18 Å². The van der Waals surface area contributed by atoms with Crippen molar-refractivity contribution in [3.8, 4) is 22.8 Å². The second-order valence-electron chi connectivity index (χ2n) is 8.25. The summed E-state index contributed by atoms with van der Waals surface area (Å²) in [7, 11) is 1.29. The van der Waals surface area contributed by atoms with E-state index in [1.54, 1.807) is 24.3 Å². The molecule has 178 valence electrons. The van der Waals surface area contributed by atoms with E-state index >= 15 is 0 Å². The summed E-state index contributed by atoms with van der Waals surface area (Å²) in [5, 5.41) is 8.56. The fraction of sp³-hybridized carbons (Fsp3) is 0.185. The molecule has 2 aromatic carbocycles. The van der Waals surface area contributed by atoms with E-state index in [-0.39, 0.29) is 17.7 Å². The van der Waals surface area contributed by atoms with E-state index in [0.717, 1.165) is 35.3 Å². The predicted octanol–water partition coefficient (Wildman–Crippen LogP) is 5.20. The van der Waals surface area contributed by atoms with Gasteiger partial charge in [0.05, 0.1) is 30.6 Å². The number of rotatable bonds is 7. The molecule has 0 aliphatic carbocycles. The van der Waals surface area contributed by atoms with Gasteiger partial charge in [0, 0.05) is 23.4 Å². The Kier molecular flexibility index (Phi) is 7.01. The highest BCUT2D eigenvalue weighted by Gasteiger charge is 2.14. The average Bonchev–Trinajstić information content (AvgIpc) is 2.87. The minimum Gasteiger partial charge on any atom is -0.465 e. The van der Waals surface area contributed by atoms with Gasteiger partial charge in [-0.05, 0) is 60.5 Å². The van der Waals surface area contributed by atoms with Crippen LogP contribution in [0.5, 0.6) is 11.5 Å². The van der Waals surface area contributed by atoms with Crippen LogP contribution in [0.15, 0.2) is 77.7 Å². The molecule has 0 aliphatic rings. The molecular weight excluding hydrogens is 449 g/mol. The highest BCUT2D eigenvalue weighted by molar-refractivity contribution is 5.90. The lowest BCUT2D eigenvalue weighted by Crippen LogP contribution is -2.19. The number of esters is 1. The van der Waals surface area contributed by atoms with Gasteiger partial charge in [-0.2, -0.15) is 10.2 Å². The van der Waals surface area contributed by atoms with Crippen LogP contribution in [0, 0.1) is 5.82 Å². The lowest BCUT2D eigenvalue weighted by atomic mass is 10.1. The largest absolute Gasteiger partial charge is 0.465 e. The lowest BCUT2D eigenvalue weighted by Gasteiger charge is -2.14. The summed E-state index contributed by atoms with van der Waals surface area (Å²) < 4.78 is 25.8. The number of benzene rings is 2. The van der Waals surface area contributed by atoms with Gasteiger partial charge in [0.2, 0.25) is 0 Å². The van der Waals surface area contributed by atoms with Crippen LogP contribution in [0.2, 0.25) is 0 Å². The van der Waals surface area contributed by atoms with Crippen LogP contribution in [0.1, 0.15) is 41.4 Å². The number of methoxy groups -OCH3 is 1. The van der Waals surface area contributed by atoms with Crippen LogP contribution in [0.3, 0.4) is 0 Å². The van der Waals surface area contributed by atoms with E-state index in [1.165, 1.54) is 17.7 Å². The van der Waals surface area contributed by atoms with Crippen LogP contribution in [-0.4, -0.2) is 27.8 Å². The Morgan fingerprint density at radius 1 is 1.00 bits per heavy atom. The Bertz CT molecular complexity index is 1400. The molecule has 2 heterocycles. The molecule has 0 N–H and O–H groups in total. The van der Waals surface area contributed by atoms with Gasteiger partial charge in [0.1, 0.15) is 17.3 Å². The van der Waals surface area contributed by atoms with Crippen LogP contribution in [0.4, 0.5) is 4.39 Å². The maximum absolute atomic E-state index is 13.7. The second kappa shape index (κ2) is 10.3. The standard InChI is InChI=1S/C27H24FN3O4/c1-17(2)23-11-12-24(30-29-23)18-6-9-22(10-7-18)35-25-14-19(27(33)34-3)4-5-20(25)15-31-16-21(28)8-13-26(31)32/h4-14,16-17H,15H2,1-3H3. The third-order valence-electron chi connectivity index (χ3n) is 5.43. The zero-order valence-electron chi connectivity index (χ0n) is 19.6. The molecule has 0 saturated carbocycles. The van der Waals surface area contributed by atoms with Crippen molar-refractivity contribution in [3.05, 3.63) is 106 Å². The van der Waals surface area contributed by atoms with Crippen LogP contribution in [-0.2, 0) is 11.3 Å². The first-order valence-electron chi connectivity index (χ1n) is 11.0. The van der Waals surface area contributed by atoms with Gasteiger partial charge >= 0.3 is 5.97 Å². The molecule has 0 spiro atoms. The molecule has 35 heavy (non-hydrogen) atoms. The number of ether oxygens (including phenoxy) is 2. The predicted molar refractivity (Wildman–Crippen MR) is 129 cm³/mol. The SMILES string of the molecule is COC(=O)c1ccc(Cn2cc(F)ccc2=O)c(Oc2ccc(-c3ccc(C(C)C)nn3)cc2)c1. The Morgan fingerprint density at radius 2 is 1.77 bits per heavy atom. The van der Waals surface area contributed by atoms with E-state index in [2.05, 4.69) is 24.0 Å². The maximum Gasteiger partial charge on any atom is 0.337 e. The van der Waals surface area contributed by atoms with E-state index < -0.39 is 11.8 Å². The van der Waals surface area contributed by atoms with Crippen molar-refractivity contribution in [2.45, 2.75) is 26.3 Å². The van der Waals surface area contributed by atoms with Crippen LogP contribution in [0.25, 0.3) is 11.3 Å². The van der Waals surface area contributed by atoms with Gasteiger partial charge in [0.25, 0.3) is 5.56 Å². The van der Waals surface area contributed by atoms with Crippen molar-refractivity contribution < 1.29 is 18.7 Å². The summed E-state index contributed by atoms with van der Waals surface area (Å²) in [4.78, 5) is 24.2. The van der Waals surface area contributed by atoms with Crippen molar-refractivity contribution in [1.29, 1.82) is 0 Å². The Balaban J connectivity index is 1.63. The minimum atomic E-state index is -0.529. The maximum atomic E-state index is 13.7. The summed E-state index contributed by atoms with van der Waals surface area (Å²) in [6.07, 6.45) is 1.13. The van der Waals surface area contributed by atoms with Gasteiger partial charge in [-0.15, -0.1) is 0 Å². The first-order valence-corrected chi connectivity index (χ1v) is 11.0. The highest BCUT2D eigenvalue weighted by Crippen LogP contribution is 2.29. The second-order valence-corrected chi connectivity index (χ2v) is 8.25. The molecule has 2 aromatic heterocycles. The Labute approximate surface area is 201 Å². The molecule has 4 rings (SSSR count). The Hall–Kier alpha value is -4.33. The number of carbonyl (C=O) groups excluding carboxylic acids is 1. The molecule has 8 heteroatoms. The number of halogens is 1. The van der Waals surface area contributed by atoms with Crippen molar-refractivity contribution in [2.75, 3.05) is 7.11 Å². The zero-order valence-corrected chi connectivity index (χ0v) is 19.6. The fourth-order valence-electron chi connectivity index (χ4n) is 3.46. The normalized spacial score (nSPS) is 10.9. The van der Waals surface area contributed by atoms with Gasteiger partial charge in [0.15, 0.2) is 0 Å². The van der Waals surface area contributed by atoms with Gasteiger partial charge < -0.3 is 14.0 Å². The average molecular weight is 474 g/mol. The number of aromatic nitrogens is 3. The van der Waals surface area contributed by atoms with E-state index in [0.29, 0.717) is 23.0 Å². The molecule has 0 fully saturated rings. The first kappa shape index (κ1) is 23.8. The van der Waals surface area contributed by atoms with Crippen LogP contribution >= 0.6 is 0 Å². The molecule has 4 aromatic rings. The number of hydrogen-bond acceptors (Lipinski definition) is 6. The number of nitrogens with zero attached hydrogens (tertiary/aromatic N) is 3. The monoisotopic (exact) mass is 473 g/mol.